The molecule has 3 amide bonds. The molecule has 8 heteroatoms. The monoisotopic (exact) mass is 425 g/mol. The van der Waals surface area contributed by atoms with Crippen LogP contribution in [0.15, 0.2) is 0 Å². The van der Waals surface area contributed by atoms with Crippen LogP contribution in [0.3, 0.4) is 0 Å². The molecule has 30 heavy (non-hydrogen) atoms. The number of alkyl carbamates (subject to hydrolysis) is 1. The van der Waals surface area contributed by atoms with Crippen LogP contribution in [0.25, 0.3) is 0 Å². The fourth-order valence-electron chi connectivity index (χ4n) is 4.22. The van der Waals surface area contributed by atoms with E-state index in [4.69, 9.17) is 4.74 Å². The van der Waals surface area contributed by atoms with Gasteiger partial charge in [0.2, 0.25) is 11.8 Å². The number of nitrogens with one attached hydrogen (secondary N) is 3. The SMILES string of the molecule is CC(C)C[C@H](NC(=O)OC1CCC(C)(C)CC1)C(=O)N[C@H](CO)C[C@@H]1CCNC1=O. The highest BCUT2D eigenvalue weighted by molar-refractivity contribution is 5.86. The summed E-state index contributed by atoms with van der Waals surface area (Å²) in [4.78, 5) is 37.0. The highest BCUT2D eigenvalue weighted by Crippen LogP contribution is 2.36. The van der Waals surface area contributed by atoms with Crippen molar-refractivity contribution in [3.05, 3.63) is 0 Å². The molecule has 1 heterocycles. The number of ether oxygens (including phenoxy) is 1. The van der Waals surface area contributed by atoms with Gasteiger partial charge >= 0.3 is 6.09 Å². The highest BCUT2D eigenvalue weighted by atomic mass is 16.6. The van der Waals surface area contributed by atoms with Gasteiger partial charge in [-0.05, 0) is 56.3 Å². The predicted molar refractivity (Wildman–Crippen MR) is 114 cm³/mol. The van der Waals surface area contributed by atoms with E-state index in [1.54, 1.807) is 0 Å². The number of hydrogen-bond donors (Lipinski definition) is 4. The largest absolute Gasteiger partial charge is 0.446 e. The first-order valence-electron chi connectivity index (χ1n) is 11.3. The number of hydrogen-bond acceptors (Lipinski definition) is 5. The Morgan fingerprint density at radius 2 is 1.87 bits per heavy atom. The van der Waals surface area contributed by atoms with Crippen molar-refractivity contribution in [2.24, 2.45) is 17.3 Å². The molecule has 4 N–H and O–H groups in total. The number of aliphatic hydroxyl groups excluding tert-OH is 1. The van der Waals surface area contributed by atoms with Gasteiger partial charge in [0, 0.05) is 12.5 Å². The summed E-state index contributed by atoms with van der Waals surface area (Å²) in [5.41, 5.74) is 0.284. The van der Waals surface area contributed by atoms with Crippen LogP contribution >= 0.6 is 0 Å². The molecule has 0 unspecified atom stereocenters. The van der Waals surface area contributed by atoms with E-state index < -0.39 is 18.2 Å². The summed E-state index contributed by atoms with van der Waals surface area (Å²) in [6.07, 6.45) is 4.52. The average Bonchev–Trinajstić information content (AvgIpc) is 3.06. The summed E-state index contributed by atoms with van der Waals surface area (Å²) in [5, 5.41) is 17.9. The first-order valence-corrected chi connectivity index (χ1v) is 11.3. The zero-order valence-electron chi connectivity index (χ0n) is 18.8. The fourth-order valence-corrected chi connectivity index (χ4v) is 4.22. The van der Waals surface area contributed by atoms with Crippen molar-refractivity contribution in [2.75, 3.05) is 13.2 Å². The van der Waals surface area contributed by atoms with E-state index in [0.717, 1.165) is 25.7 Å². The van der Waals surface area contributed by atoms with Gasteiger partial charge in [0.05, 0.1) is 12.6 Å². The van der Waals surface area contributed by atoms with Gasteiger partial charge in [0.1, 0.15) is 12.1 Å². The van der Waals surface area contributed by atoms with Gasteiger partial charge in [-0.2, -0.15) is 0 Å². The maximum absolute atomic E-state index is 12.8. The Bertz CT molecular complexity index is 598. The third-order valence-electron chi connectivity index (χ3n) is 6.17. The van der Waals surface area contributed by atoms with Crippen LogP contribution in [0.1, 0.15) is 72.6 Å². The number of aliphatic hydroxyl groups is 1. The number of carbonyl (C=O) groups excluding carboxylic acids is 3. The Morgan fingerprint density at radius 3 is 2.40 bits per heavy atom. The normalized spacial score (nSPS) is 23.5. The van der Waals surface area contributed by atoms with Gasteiger partial charge in [0.25, 0.3) is 0 Å². The summed E-state index contributed by atoms with van der Waals surface area (Å²) in [6.45, 7) is 8.76. The number of carbonyl (C=O) groups is 3. The van der Waals surface area contributed by atoms with Gasteiger partial charge in [-0.1, -0.05) is 27.7 Å². The first kappa shape index (κ1) is 24.4. The quantitative estimate of drug-likeness (QED) is 0.451. The van der Waals surface area contributed by atoms with E-state index in [1.807, 2.05) is 13.8 Å². The molecule has 1 saturated heterocycles. The lowest BCUT2D eigenvalue weighted by molar-refractivity contribution is -0.126. The summed E-state index contributed by atoms with van der Waals surface area (Å²) in [6, 6.07) is -1.27. The molecule has 2 fully saturated rings. The topological polar surface area (TPSA) is 117 Å². The molecule has 0 aromatic rings. The van der Waals surface area contributed by atoms with Crippen LogP contribution in [-0.4, -0.2) is 54.4 Å². The zero-order chi connectivity index (χ0) is 22.3. The number of amides is 3. The molecule has 0 aromatic heterocycles. The van der Waals surface area contributed by atoms with E-state index in [1.165, 1.54) is 0 Å². The van der Waals surface area contributed by atoms with Crippen molar-refractivity contribution in [1.29, 1.82) is 0 Å². The molecule has 3 atom stereocenters. The molecule has 0 spiro atoms. The molecule has 1 saturated carbocycles. The van der Waals surface area contributed by atoms with Gasteiger partial charge in [-0.15, -0.1) is 0 Å². The third-order valence-corrected chi connectivity index (χ3v) is 6.17. The summed E-state index contributed by atoms with van der Waals surface area (Å²) in [5.74, 6) is -0.425. The Hall–Kier alpha value is -1.83. The van der Waals surface area contributed by atoms with Crippen LogP contribution < -0.4 is 16.0 Å². The molecule has 172 valence electrons. The first-order chi connectivity index (χ1) is 14.1. The molecule has 2 aliphatic rings. The van der Waals surface area contributed by atoms with Crippen molar-refractivity contribution in [3.8, 4) is 0 Å². The van der Waals surface area contributed by atoms with Crippen molar-refractivity contribution < 1.29 is 24.2 Å². The minimum atomic E-state index is -0.746. The van der Waals surface area contributed by atoms with Crippen molar-refractivity contribution in [1.82, 2.24) is 16.0 Å². The Labute approximate surface area is 179 Å². The lowest BCUT2D eigenvalue weighted by atomic mass is 9.76. The van der Waals surface area contributed by atoms with Crippen molar-refractivity contribution in [2.45, 2.75) is 90.8 Å². The fraction of sp³-hybridized carbons (Fsp3) is 0.864. The van der Waals surface area contributed by atoms with E-state index in [2.05, 4.69) is 29.8 Å². The lowest BCUT2D eigenvalue weighted by Crippen LogP contribution is -2.52. The van der Waals surface area contributed by atoms with E-state index in [9.17, 15) is 19.5 Å². The van der Waals surface area contributed by atoms with Gasteiger partial charge in [0.15, 0.2) is 0 Å². The maximum atomic E-state index is 12.8. The van der Waals surface area contributed by atoms with Crippen LogP contribution in [0.4, 0.5) is 4.79 Å². The van der Waals surface area contributed by atoms with Gasteiger partial charge in [-0.25, -0.2) is 4.79 Å². The van der Waals surface area contributed by atoms with Crippen LogP contribution in [0.5, 0.6) is 0 Å². The second-order valence-corrected chi connectivity index (χ2v) is 10.00. The van der Waals surface area contributed by atoms with Crippen molar-refractivity contribution in [3.63, 3.8) is 0 Å². The molecule has 1 aliphatic heterocycles. The van der Waals surface area contributed by atoms with Crippen molar-refractivity contribution >= 4 is 17.9 Å². The Kier molecular flexibility index (Phi) is 8.94. The molecule has 8 nitrogen and oxygen atoms in total. The van der Waals surface area contributed by atoms with Gasteiger partial charge < -0.3 is 25.8 Å². The molecular weight excluding hydrogens is 386 g/mol. The molecular formula is C22H39N3O5. The molecule has 0 radical (unpaired) electrons. The molecule has 1 aliphatic carbocycles. The van der Waals surface area contributed by atoms with Crippen LogP contribution in [0, 0.1) is 17.3 Å². The maximum Gasteiger partial charge on any atom is 0.408 e. The highest BCUT2D eigenvalue weighted by Gasteiger charge is 2.32. The average molecular weight is 426 g/mol. The second kappa shape index (κ2) is 11.0. The van der Waals surface area contributed by atoms with Crippen LogP contribution in [0.2, 0.25) is 0 Å². The Balaban J connectivity index is 1.88. The predicted octanol–water partition coefficient (Wildman–Crippen LogP) is 2.10. The van der Waals surface area contributed by atoms with E-state index >= 15 is 0 Å². The van der Waals surface area contributed by atoms with Gasteiger partial charge in [-0.3, -0.25) is 9.59 Å². The zero-order valence-corrected chi connectivity index (χ0v) is 18.8. The lowest BCUT2D eigenvalue weighted by Gasteiger charge is -2.34. The van der Waals surface area contributed by atoms with E-state index in [-0.39, 0.29) is 41.8 Å². The molecule has 0 aromatic carbocycles. The smallest absolute Gasteiger partial charge is 0.408 e. The minimum Gasteiger partial charge on any atom is -0.446 e. The summed E-state index contributed by atoms with van der Waals surface area (Å²) < 4.78 is 5.57. The van der Waals surface area contributed by atoms with Crippen LogP contribution in [-0.2, 0) is 14.3 Å². The summed E-state index contributed by atoms with van der Waals surface area (Å²) in [7, 11) is 0. The standard InChI is InChI=1S/C22H39N3O5/c1-14(2)11-18(25-21(29)30-17-5-8-22(3,4)9-6-17)20(28)24-16(13-26)12-15-7-10-23-19(15)27/h14-18,26H,5-13H2,1-4H3,(H,23,27)(H,24,28)(H,25,29)/t15-,16-,18-/m0/s1. The van der Waals surface area contributed by atoms with E-state index in [0.29, 0.717) is 25.8 Å². The number of rotatable bonds is 9. The molecule has 2 rings (SSSR count). The second-order valence-electron chi connectivity index (χ2n) is 10.00. The summed E-state index contributed by atoms with van der Waals surface area (Å²) >= 11 is 0. The minimum absolute atomic E-state index is 0.0428. The molecule has 0 bridgehead atoms. The third kappa shape index (κ3) is 7.78. The Morgan fingerprint density at radius 1 is 1.20 bits per heavy atom.